The Morgan fingerprint density at radius 3 is 2.54 bits per heavy atom. The molecule has 1 aromatic carbocycles. The van der Waals surface area contributed by atoms with E-state index in [-0.39, 0.29) is 29.8 Å². The van der Waals surface area contributed by atoms with E-state index in [1.807, 2.05) is 6.08 Å². The number of rotatable bonds is 3. The topological polar surface area (TPSA) is 92.3 Å². The largest absolute Gasteiger partial charge is 0.329 e. The van der Waals surface area contributed by atoms with Crippen molar-refractivity contribution >= 4 is 29.1 Å². The van der Waals surface area contributed by atoms with Crippen molar-refractivity contribution in [2.75, 3.05) is 5.32 Å². The smallest absolute Gasteiger partial charge is 0.229 e. The minimum absolute atomic E-state index is 0.00882. The molecule has 2 aliphatic rings. The summed E-state index contributed by atoms with van der Waals surface area (Å²) in [6, 6.07) is 6.53. The second-order valence-electron chi connectivity index (χ2n) is 6.12. The molecule has 1 saturated heterocycles. The number of amides is 2. The van der Waals surface area contributed by atoms with Crippen molar-refractivity contribution in [2.45, 2.75) is 26.2 Å². The van der Waals surface area contributed by atoms with Crippen LogP contribution in [0, 0.1) is 11.8 Å². The van der Waals surface area contributed by atoms with Gasteiger partial charge in [0, 0.05) is 29.8 Å². The van der Waals surface area contributed by atoms with Crippen LogP contribution in [0.4, 0.5) is 5.69 Å². The van der Waals surface area contributed by atoms with Gasteiger partial charge >= 0.3 is 0 Å². The first-order valence-electron chi connectivity index (χ1n) is 7.90. The molecule has 2 atom stereocenters. The average Bonchev–Trinajstić information content (AvgIpc) is 2.54. The summed E-state index contributed by atoms with van der Waals surface area (Å²) >= 11 is 0. The van der Waals surface area contributed by atoms with Crippen LogP contribution in [0.15, 0.2) is 36.0 Å². The Balaban J connectivity index is 1.78. The number of Topliss-reactive ketones (excluding diaryl/α,β-unsaturated/α-hetero) is 2. The van der Waals surface area contributed by atoms with E-state index in [0.717, 1.165) is 0 Å². The highest BCUT2D eigenvalue weighted by Gasteiger charge is 2.42. The first kappa shape index (κ1) is 16.1. The molecule has 2 amide bonds. The Bertz CT molecular complexity index is 749. The van der Waals surface area contributed by atoms with Gasteiger partial charge in [-0.25, -0.2) is 0 Å². The third kappa shape index (κ3) is 3.13. The summed E-state index contributed by atoms with van der Waals surface area (Å²) in [6.45, 7) is 1.47. The Kier molecular flexibility index (Phi) is 4.29. The highest BCUT2D eigenvalue weighted by Crippen LogP contribution is 2.33. The maximum absolute atomic E-state index is 12.6. The van der Waals surface area contributed by atoms with Gasteiger partial charge < -0.3 is 10.6 Å². The number of hydrogen-bond acceptors (Lipinski definition) is 4. The van der Waals surface area contributed by atoms with E-state index in [2.05, 4.69) is 10.6 Å². The van der Waals surface area contributed by atoms with E-state index in [0.29, 0.717) is 29.8 Å². The first-order valence-corrected chi connectivity index (χ1v) is 7.90. The second-order valence-corrected chi connectivity index (χ2v) is 6.12. The lowest BCUT2D eigenvalue weighted by Crippen LogP contribution is -2.47. The number of hydrogen-bond donors (Lipinski definition) is 2. The average molecular weight is 326 g/mol. The zero-order valence-corrected chi connectivity index (χ0v) is 13.3. The minimum Gasteiger partial charge on any atom is -0.329 e. The SMILES string of the molecule is CC(=O)c1ccc(NC(=O)[C@H]2CC(=O)NC3=CCCC(=O)[C@@H]32)cc1. The standard InChI is InChI=1S/C18H18N2O4/c1-10(21)11-5-7-12(8-6-11)19-18(24)13-9-16(23)20-14-3-2-4-15(22)17(13)14/h3,5-8,13,17H,2,4,9H2,1H3,(H,19,24)(H,20,23)/t13-,17+/m0/s1. The van der Waals surface area contributed by atoms with Crippen LogP contribution in [-0.2, 0) is 14.4 Å². The molecule has 2 N–H and O–H groups in total. The van der Waals surface area contributed by atoms with E-state index in [1.165, 1.54) is 6.92 Å². The second kappa shape index (κ2) is 6.39. The number of nitrogens with one attached hydrogen (secondary N) is 2. The molecule has 3 rings (SSSR count). The maximum Gasteiger partial charge on any atom is 0.229 e. The van der Waals surface area contributed by atoms with Crippen molar-refractivity contribution in [2.24, 2.45) is 11.8 Å². The van der Waals surface area contributed by atoms with Crippen molar-refractivity contribution in [3.8, 4) is 0 Å². The van der Waals surface area contributed by atoms with E-state index >= 15 is 0 Å². The molecule has 1 heterocycles. The number of carbonyl (C=O) groups is 4. The van der Waals surface area contributed by atoms with E-state index < -0.39 is 11.8 Å². The zero-order valence-electron chi connectivity index (χ0n) is 13.3. The van der Waals surface area contributed by atoms with Gasteiger partial charge in [0.05, 0.1) is 11.8 Å². The molecular weight excluding hydrogens is 308 g/mol. The molecule has 1 aliphatic carbocycles. The van der Waals surface area contributed by atoms with Crippen LogP contribution >= 0.6 is 0 Å². The van der Waals surface area contributed by atoms with E-state index in [4.69, 9.17) is 0 Å². The Labute approximate surface area is 139 Å². The third-order valence-electron chi connectivity index (χ3n) is 4.42. The quantitative estimate of drug-likeness (QED) is 0.829. The number of carbonyl (C=O) groups excluding carboxylic acids is 4. The molecule has 0 spiro atoms. The lowest BCUT2D eigenvalue weighted by atomic mass is 9.76. The summed E-state index contributed by atoms with van der Waals surface area (Å²) in [4.78, 5) is 47.9. The molecular formula is C18H18N2O4. The van der Waals surface area contributed by atoms with Crippen molar-refractivity contribution in [1.82, 2.24) is 5.32 Å². The van der Waals surface area contributed by atoms with Crippen LogP contribution in [0.25, 0.3) is 0 Å². The maximum atomic E-state index is 12.6. The van der Waals surface area contributed by atoms with Gasteiger partial charge in [0.1, 0.15) is 5.78 Å². The van der Waals surface area contributed by atoms with Gasteiger partial charge in [-0.15, -0.1) is 0 Å². The summed E-state index contributed by atoms with van der Waals surface area (Å²) in [7, 11) is 0. The number of allylic oxidation sites excluding steroid dienone is 2. The fraction of sp³-hybridized carbons (Fsp3) is 0.333. The molecule has 1 fully saturated rings. The molecule has 6 heteroatoms. The van der Waals surface area contributed by atoms with Crippen LogP contribution in [0.5, 0.6) is 0 Å². The normalized spacial score (nSPS) is 23.0. The number of ketones is 2. The first-order chi connectivity index (χ1) is 11.5. The summed E-state index contributed by atoms with van der Waals surface area (Å²) in [5.41, 5.74) is 1.64. The predicted molar refractivity (Wildman–Crippen MR) is 87.1 cm³/mol. The molecule has 0 unspecified atom stereocenters. The van der Waals surface area contributed by atoms with Gasteiger partial charge in [-0.1, -0.05) is 6.08 Å². The Hall–Kier alpha value is -2.76. The van der Waals surface area contributed by atoms with Gasteiger partial charge in [0.15, 0.2) is 5.78 Å². The van der Waals surface area contributed by atoms with E-state index in [1.54, 1.807) is 24.3 Å². The fourth-order valence-electron chi connectivity index (χ4n) is 3.19. The Morgan fingerprint density at radius 2 is 1.88 bits per heavy atom. The number of piperidine rings is 1. The molecule has 124 valence electrons. The molecule has 0 aromatic heterocycles. The molecule has 0 saturated carbocycles. The highest BCUT2D eigenvalue weighted by atomic mass is 16.2. The van der Waals surface area contributed by atoms with Gasteiger partial charge in [0.2, 0.25) is 11.8 Å². The molecule has 1 aliphatic heterocycles. The van der Waals surface area contributed by atoms with Gasteiger partial charge in [-0.05, 0) is 37.6 Å². The zero-order chi connectivity index (χ0) is 17.3. The fourth-order valence-corrected chi connectivity index (χ4v) is 3.19. The van der Waals surface area contributed by atoms with Crippen LogP contribution in [-0.4, -0.2) is 23.4 Å². The predicted octanol–water partition coefficient (Wildman–Crippen LogP) is 1.83. The molecule has 0 radical (unpaired) electrons. The van der Waals surface area contributed by atoms with Crippen molar-refractivity contribution in [1.29, 1.82) is 0 Å². The van der Waals surface area contributed by atoms with E-state index in [9.17, 15) is 19.2 Å². The lowest BCUT2D eigenvalue weighted by molar-refractivity contribution is -0.135. The number of anilines is 1. The molecule has 1 aromatic rings. The Morgan fingerprint density at radius 1 is 1.17 bits per heavy atom. The number of benzene rings is 1. The van der Waals surface area contributed by atoms with Gasteiger partial charge in [-0.3, -0.25) is 19.2 Å². The summed E-state index contributed by atoms with van der Waals surface area (Å²) in [6.07, 6.45) is 2.79. The van der Waals surface area contributed by atoms with Crippen molar-refractivity contribution in [3.63, 3.8) is 0 Å². The van der Waals surface area contributed by atoms with Crippen LogP contribution < -0.4 is 10.6 Å². The molecule has 0 bridgehead atoms. The summed E-state index contributed by atoms with van der Waals surface area (Å²) < 4.78 is 0. The van der Waals surface area contributed by atoms with Crippen LogP contribution in [0.2, 0.25) is 0 Å². The van der Waals surface area contributed by atoms with Crippen molar-refractivity contribution in [3.05, 3.63) is 41.6 Å². The van der Waals surface area contributed by atoms with Gasteiger partial charge in [-0.2, -0.15) is 0 Å². The molecule has 6 nitrogen and oxygen atoms in total. The summed E-state index contributed by atoms with van der Waals surface area (Å²) in [5.74, 6) is -1.96. The summed E-state index contributed by atoms with van der Waals surface area (Å²) in [5, 5.41) is 5.44. The van der Waals surface area contributed by atoms with Gasteiger partial charge in [0.25, 0.3) is 0 Å². The minimum atomic E-state index is -0.703. The van der Waals surface area contributed by atoms with Crippen LogP contribution in [0.3, 0.4) is 0 Å². The monoisotopic (exact) mass is 326 g/mol. The lowest BCUT2D eigenvalue weighted by Gasteiger charge is -2.34. The third-order valence-corrected chi connectivity index (χ3v) is 4.42. The van der Waals surface area contributed by atoms with Crippen LogP contribution in [0.1, 0.15) is 36.5 Å². The molecule has 24 heavy (non-hydrogen) atoms. The number of fused-ring (bicyclic) bond motifs is 1. The highest BCUT2D eigenvalue weighted by molar-refractivity contribution is 6.02. The van der Waals surface area contributed by atoms with Crippen molar-refractivity contribution < 1.29 is 19.2 Å².